The van der Waals surface area contributed by atoms with Gasteiger partial charge in [-0.15, -0.1) is 0 Å². The van der Waals surface area contributed by atoms with Crippen LogP contribution in [-0.2, 0) is 0 Å². The van der Waals surface area contributed by atoms with Gasteiger partial charge in [0.2, 0.25) is 0 Å². The molecule has 9 heteroatoms. The van der Waals surface area contributed by atoms with Gasteiger partial charge in [0.1, 0.15) is 0 Å². The van der Waals surface area contributed by atoms with Gasteiger partial charge in [-0.1, -0.05) is 44.0 Å². The number of hydrogen-bond donors (Lipinski definition) is 1. The van der Waals surface area contributed by atoms with Crippen molar-refractivity contribution in [3.63, 3.8) is 0 Å². The molecule has 0 fully saturated rings. The minimum Gasteiger partial charge on any atom is -0.362 e. The van der Waals surface area contributed by atoms with Crippen molar-refractivity contribution in [3.8, 4) is 0 Å². The predicted octanol–water partition coefficient (Wildman–Crippen LogP) is 4.71. The van der Waals surface area contributed by atoms with Crippen LogP contribution in [0.25, 0.3) is 0 Å². The molecule has 0 saturated heterocycles. The average Bonchev–Trinajstić information content (AvgIpc) is 2.94. The highest BCUT2D eigenvalue weighted by molar-refractivity contribution is 9.10. The maximum atomic E-state index is 13.6. The van der Waals surface area contributed by atoms with Crippen molar-refractivity contribution in [2.75, 3.05) is 0 Å². The highest BCUT2D eigenvalue weighted by atomic mass is 79.9. The summed E-state index contributed by atoms with van der Waals surface area (Å²) >= 11 is 6.43. The smallest absolute Gasteiger partial charge is 0.362 e. The first kappa shape index (κ1) is 19.1. The number of hydrogen-bond acceptors (Lipinski definition) is 3. The average molecular weight is 492 g/mol. The summed E-state index contributed by atoms with van der Waals surface area (Å²) in [7, 11) is 0. The number of nitrogens with zero attached hydrogens (tertiary/aromatic N) is 2. The molecule has 1 N–H and O–H groups in total. The maximum Gasteiger partial charge on any atom is 0.438 e. The van der Waals surface area contributed by atoms with E-state index in [9.17, 15) is 23.1 Å². The number of aliphatic hydroxyl groups is 1. The lowest BCUT2D eigenvalue weighted by Crippen LogP contribution is -2.56. The normalized spacial score (nSPS) is 20.2. The number of benzene rings is 2. The lowest BCUT2D eigenvalue weighted by Gasteiger charge is -2.32. The molecule has 2 aromatic carbocycles. The zero-order valence-electron chi connectivity index (χ0n) is 13.0. The zero-order chi connectivity index (χ0) is 19.1. The SMILES string of the molecule is O=C(c1ccc(Br)cc1)N1N=C(c2ccc(Br)cc2)C[C@@]1(O)C(F)(F)F. The van der Waals surface area contributed by atoms with Gasteiger partial charge in [-0.25, -0.2) is 0 Å². The molecule has 0 bridgehead atoms. The Morgan fingerprint density at radius 3 is 2.04 bits per heavy atom. The molecule has 0 unspecified atom stereocenters. The number of carbonyl (C=O) groups is 1. The van der Waals surface area contributed by atoms with Crippen molar-refractivity contribution in [2.24, 2.45) is 5.10 Å². The fourth-order valence-corrected chi connectivity index (χ4v) is 3.03. The van der Waals surface area contributed by atoms with Crippen molar-refractivity contribution in [2.45, 2.75) is 18.3 Å². The van der Waals surface area contributed by atoms with Crippen LogP contribution in [0.5, 0.6) is 0 Å². The van der Waals surface area contributed by atoms with Crippen LogP contribution in [-0.4, -0.2) is 33.6 Å². The van der Waals surface area contributed by atoms with Crippen LogP contribution in [0.15, 0.2) is 62.6 Å². The van der Waals surface area contributed by atoms with E-state index in [0.717, 1.165) is 4.47 Å². The molecule has 2 aromatic rings. The van der Waals surface area contributed by atoms with Gasteiger partial charge in [-0.05, 0) is 42.0 Å². The van der Waals surface area contributed by atoms with Gasteiger partial charge in [-0.3, -0.25) is 4.79 Å². The third-order valence-corrected chi connectivity index (χ3v) is 4.96. The topological polar surface area (TPSA) is 52.9 Å². The van der Waals surface area contributed by atoms with E-state index in [1.807, 2.05) is 0 Å². The number of amides is 1. The molecule has 26 heavy (non-hydrogen) atoms. The summed E-state index contributed by atoms with van der Waals surface area (Å²) in [6, 6.07) is 12.2. The van der Waals surface area contributed by atoms with E-state index < -0.39 is 24.2 Å². The Labute approximate surface area is 163 Å². The molecule has 1 aliphatic heterocycles. The van der Waals surface area contributed by atoms with Gasteiger partial charge in [-0.2, -0.15) is 23.3 Å². The third-order valence-electron chi connectivity index (χ3n) is 3.90. The Balaban J connectivity index is 2.03. The molecule has 4 nitrogen and oxygen atoms in total. The fourth-order valence-electron chi connectivity index (χ4n) is 2.50. The maximum absolute atomic E-state index is 13.6. The summed E-state index contributed by atoms with van der Waals surface area (Å²) in [5, 5.41) is 14.2. The monoisotopic (exact) mass is 490 g/mol. The fraction of sp³-hybridized carbons (Fsp3) is 0.176. The van der Waals surface area contributed by atoms with Crippen LogP contribution >= 0.6 is 31.9 Å². The molecular formula is C17H11Br2F3N2O2. The zero-order valence-corrected chi connectivity index (χ0v) is 16.1. The number of rotatable bonds is 2. The van der Waals surface area contributed by atoms with E-state index in [1.54, 1.807) is 24.3 Å². The number of alkyl halides is 3. The molecule has 136 valence electrons. The summed E-state index contributed by atoms with van der Waals surface area (Å²) in [6.07, 6.45) is -5.92. The molecular weight excluding hydrogens is 481 g/mol. The molecule has 0 saturated carbocycles. The molecule has 0 spiro atoms. The summed E-state index contributed by atoms with van der Waals surface area (Å²) < 4.78 is 42.1. The van der Waals surface area contributed by atoms with E-state index in [2.05, 4.69) is 37.0 Å². The second kappa shape index (κ2) is 6.79. The largest absolute Gasteiger partial charge is 0.438 e. The van der Waals surface area contributed by atoms with E-state index in [4.69, 9.17) is 0 Å². The quantitative estimate of drug-likeness (QED) is 0.661. The van der Waals surface area contributed by atoms with Gasteiger partial charge in [0.15, 0.2) is 0 Å². The van der Waals surface area contributed by atoms with Gasteiger partial charge in [0.25, 0.3) is 11.6 Å². The molecule has 0 aromatic heterocycles. The summed E-state index contributed by atoms with van der Waals surface area (Å²) in [5.74, 6) is -1.04. The van der Waals surface area contributed by atoms with Crippen LogP contribution in [0.2, 0.25) is 0 Å². The van der Waals surface area contributed by atoms with Crippen LogP contribution in [0.1, 0.15) is 22.3 Å². The van der Waals surface area contributed by atoms with Crippen molar-refractivity contribution in [1.29, 1.82) is 0 Å². The van der Waals surface area contributed by atoms with E-state index in [1.165, 1.54) is 24.3 Å². The first-order valence-corrected chi connectivity index (χ1v) is 8.93. The predicted molar refractivity (Wildman–Crippen MR) is 96.6 cm³/mol. The number of hydrazone groups is 1. The van der Waals surface area contributed by atoms with Crippen molar-refractivity contribution in [1.82, 2.24) is 5.01 Å². The molecule has 1 amide bonds. The van der Waals surface area contributed by atoms with Crippen LogP contribution in [0.4, 0.5) is 13.2 Å². The standard InChI is InChI=1S/C17H11Br2F3N2O2/c18-12-5-1-10(2-6-12)14-9-16(26,17(20,21)22)24(23-14)15(25)11-3-7-13(19)8-4-11/h1-8,26H,9H2/t16-/m1/s1. The number of halogens is 5. The van der Waals surface area contributed by atoms with Crippen molar-refractivity contribution < 1.29 is 23.1 Å². The van der Waals surface area contributed by atoms with Crippen molar-refractivity contribution >= 4 is 43.5 Å². The Bertz CT molecular complexity index is 867. The number of carbonyl (C=O) groups excluding carboxylic acids is 1. The molecule has 0 aliphatic carbocycles. The minimum atomic E-state index is -5.07. The van der Waals surface area contributed by atoms with Crippen molar-refractivity contribution in [3.05, 3.63) is 68.6 Å². The van der Waals surface area contributed by atoms with E-state index >= 15 is 0 Å². The second-order valence-corrected chi connectivity index (χ2v) is 7.50. The van der Waals surface area contributed by atoms with Crippen LogP contribution < -0.4 is 0 Å². The van der Waals surface area contributed by atoms with E-state index in [-0.39, 0.29) is 16.3 Å². The van der Waals surface area contributed by atoms with Gasteiger partial charge >= 0.3 is 6.18 Å². The molecule has 1 heterocycles. The Morgan fingerprint density at radius 1 is 1.04 bits per heavy atom. The Morgan fingerprint density at radius 2 is 1.54 bits per heavy atom. The summed E-state index contributed by atoms with van der Waals surface area (Å²) in [4.78, 5) is 12.6. The first-order chi connectivity index (χ1) is 12.1. The van der Waals surface area contributed by atoms with Crippen LogP contribution in [0.3, 0.4) is 0 Å². The highest BCUT2D eigenvalue weighted by Gasteiger charge is 2.63. The summed E-state index contributed by atoms with van der Waals surface area (Å²) in [6.45, 7) is 0. The van der Waals surface area contributed by atoms with Gasteiger partial charge in [0, 0.05) is 14.5 Å². The lowest BCUT2D eigenvalue weighted by molar-refractivity contribution is -0.297. The highest BCUT2D eigenvalue weighted by Crippen LogP contribution is 2.42. The molecule has 3 rings (SSSR count). The Hall–Kier alpha value is -1.71. The third kappa shape index (κ3) is 3.43. The molecule has 1 atom stereocenters. The second-order valence-electron chi connectivity index (χ2n) is 5.67. The molecule has 1 aliphatic rings. The van der Waals surface area contributed by atoms with Crippen LogP contribution in [0, 0.1) is 0 Å². The molecule has 0 radical (unpaired) electrons. The van der Waals surface area contributed by atoms with Gasteiger partial charge < -0.3 is 5.11 Å². The summed E-state index contributed by atoms with van der Waals surface area (Å²) in [5.41, 5.74) is -3.05. The van der Waals surface area contributed by atoms with E-state index in [0.29, 0.717) is 10.0 Å². The first-order valence-electron chi connectivity index (χ1n) is 7.34. The minimum absolute atomic E-state index is 0.0170. The van der Waals surface area contributed by atoms with Gasteiger partial charge in [0.05, 0.1) is 12.1 Å². The lowest BCUT2D eigenvalue weighted by atomic mass is 10.0. The Kier molecular flexibility index (Phi) is 4.98.